The summed E-state index contributed by atoms with van der Waals surface area (Å²) < 4.78 is 4.82. The lowest BCUT2D eigenvalue weighted by Crippen LogP contribution is -2.18. The standard InChI is InChI=1S/C11H17N3O3S.ClH/c1-3-17-10(16)6-8-7-18-11(13-8)14-9(15)4-5-12-2;/h7,12H,3-6H2,1-2H3,(H,13,14,15);1H. The maximum atomic E-state index is 11.4. The Balaban J connectivity index is 0.00000324. The molecular formula is C11H18ClN3O3S. The molecule has 0 aliphatic rings. The first kappa shape index (κ1) is 17.8. The third kappa shape index (κ3) is 7.09. The van der Waals surface area contributed by atoms with Gasteiger partial charge in [0.25, 0.3) is 0 Å². The van der Waals surface area contributed by atoms with Crippen molar-refractivity contribution in [1.82, 2.24) is 10.3 Å². The minimum Gasteiger partial charge on any atom is -0.466 e. The highest BCUT2D eigenvalue weighted by atomic mass is 35.5. The lowest BCUT2D eigenvalue weighted by atomic mass is 10.3. The zero-order valence-corrected chi connectivity index (χ0v) is 12.5. The number of halogens is 1. The Kier molecular flexibility index (Phi) is 9.11. The molecule has 0 aromatic carbocycles. The number of rotatable bonds is 7. The number of anilines is 1. The molecule has 1 amide bonds. The van der Waals surface area contributed by atoms with Crippen LogP contribution in [0.1, 0.15) is 19.0 Å². The second-order valence-corrected chi connectivity index (χ2v) is 4.39. The molecule has 108 valence electrons. The molecule has 0 saturated heterocycles. The molecule has 1 aromatic heterocycles. The molecule has 0 saturated carbocycles. The van der Waals surface area contributed by atoms with Crippen molar-refractivity contribution in [2.24, 2.45) is 0 Å². The number of nitrogens with one attached hydrogen (secondary N) is 2. The number of aromatic nitrogens is 1. The zero-order valence-electron chi connectivity index (χ0n) is 10.9. The summed E-state index contributed by atoms with van der Waals surface area (Å²) in [5.74, 6) is -0.405. The van der Waals surface area contributed by atoms with Crippen LogP contribution >= 0.6 is 23.7 Å². The largest absolute Gasteiger partial charge is 0.466 e. The minimum absolute atomic E-state index is 0. The molecule has 19 heavy (non-hydrogen) atoms. The van der Waals surface area contributed by atoms with Crippen LogP contribution in [0.3, 0.4) is 0 Å². The molecule has 1 aromatic rings. The summed E-state index contributed by atoms with van der Waals surface area (Å²) in [6.45, 7) is 2.73. The van der Waals surface area contributed by atoms with E-state index in [1.807, 2.05) is 0 Å². The maximum absolute atomic E-state index is 11.4. The van der Waals surface area contributed by atoms with Crippen LogP contribution in [0, 0.1) is 0 Å². The van der Waals surface area contributed by atoms with Gasteiger partial charge in [-0.25, -0.2) is 4.98 Å². The van der Waals surface area contributed by atoms with Crippen molar-refractivity contribution in [3.8, 4) is 0 Å². The van der Waals surface area contributed by atoms with E-state index in [0.717, 1.165) is 0 Å². The van der Waals surface area contributed by atoms with Gasteiger partial charge in [-0.2, -0.15) is 0 Å². The van der Waals surface area contributed by atoms with Gasteiger partial charge < -0.3 is 15.4 Å². The first-order chi connectivity index (χ1) is 8.65. The third-order valence-electron chi connectivity index (χ3n) is 2.03. The summed E-state index contributed by atoms with van der Waals surface area (Å²) in [6.07, 6.45) is 0.528. The van der Waals surface area contributed by atoms with E-state index in [1.54, 1.807) is 19.4 Å². The Hall–Kier alpha value is -1.18. The fourth-order valence-corrected chi connectivity index (χ4v) is 1.95. The molecule has 1 rings (SSSR count). The molecule has 0 atom stereocenters. The number of nitrogens with zero attached hydrogens (tertiary/aromatic N) is 1. The fraction of sp³-hybridized carbons (Fsp3) is 0.545. The van der Waals surface area contributed by atoms with Crippen molar-refractivity contribution in [3.63, 3.8) is 0 Å². The van der Waals surface area contributed by atoms with Gasteiger partial charge in [0.05, 0.1) is 18.7 Å². The van der Waals surface area contributed by atoms with Gasteiger partial charge in [0.1, 0.15) is 0 Å². The SMILES string of the molecule is CCOC(=O)Cc1csc(NC(=O)CCNC)n1.Cl. The molecule has 0 bridgehead atoms. The molecule has 0 aliphatic heterocycles. The molecule has 0 spiro atoms. The summed E-state index contributed by atoms with van der Waals surface area (Å²) >= 11 is 1.30. The lowest BCUT2D eigenvalue weighted by molar-refractivity contribution is -0.142. The predicted octanol–water partition coefficient (Wildman–Crippen LogP) is 1.22. The Bertz CT molecular complexity index is 412. The Morgan fingerprint density at radius 2 is 2.21 bits per heavy atom. The van der Waals surface area contributed by atoms with Crippen LogP contribution in [0.5, 0.6) is 0 Å². The van der Waals surface area contributed by atoms with Gasteiger partial charge in [-0.1, -0.05) is 0 Å². The number of amides is 1. The minimum atomic E-state index is -0.309. The number of carbonyl (C=O) groups excluding carboxylic acids is 2. The summed E-state index contributed by atoms with van der Waals surface area (Å²) in [5.41, 5.74) is 0.613. The van der Waals surface area contributed by atoms with Crippen LogP contribution in [-0.2, 0) is 20.7 Å². The summed E-state index contributed by atoms with van der Waals surface area (Å²) in [7, 11) is 1.79. The van der Waals surface area contributed by atoms with Gasteiger partial charge in [0.15, 0.2) is 5.13 Å². The molecule has 0 radical (unpaired) electrons. The Labute approximate surface area is 122 Å². The van der Waals surface area contributed by atoms with E-state index in [-0.39, 0.29) is 30.7 Å². The molecule has 2 N–H and O–H groups in total. The van der Waals surface area contributed by atoms with Gasteiger partial charge in [-0.15, -0.1) is 23.7 Å². The van der Waals surface area contributed by atoms with Gasteiger partial charge in [0.2, 0.25) is 5.91 Å². The summed E-state index contributed by atoms with van der Waals surface area (Å²) in [5, 5.41) is 7.82. The molecular weight excluding hydrogens is 290 g/mol. The maximum Gasteiger partial charge on any atom is 0.311 e. The number of thiazole rings is 1. The summed E-state index contributed by atoms with van der Waals surface area (Å²) in [4.78, 5) is 26.8. The molecule has 0 fully saturated rings. The second-order valence-electron chi connectivity index (χ2n) is 3.53. The molecule has 8 heteroatoms. The van der Waals surface area contributed by atoms with Crippen molar-refractivity contribution in [2.75, 3.05) is 25.5 Å². The van der Waals surface area contributed by atoms with E-state index in [9.17, 15) is 9.59 Å². The number of hydrogen-bond donors (Lipinski definition) is 2. The summed E-state index contributed by atoms with van der Waals surface area (Å²) in [6, 6.07) is 0. The molecule has 0 unspecified atom stereocenters. The lowest BCUT2D eigenvalue weighted by Gasteiger charge is -2.00. The predicted molar refractivity (Wildman–Crippen MR) is 76.9 cm³/mol. The molecule has 1 heterocycles. The highest BCUT2D eigenvalue weighted by Gasteiger charge is 2.10. The third-order valence-corrected chi connectivity index (χ3v) is 2.84. The molecule has 0 aliphatic carbocycles. The fourth-order valence-electron chi connectivity index (χ4n) is 1.23. The normalized spacial score (nSPS) is 9.58. The van der Waals surface area contributed by atoms with Crippen LogP contribution in [0.25, 0.3) is 0 Å². The second kappa shape index (κ2) is 9.71. The van der Waals surface area contributed by atoms with Gasteiger partial charge in [0, 0.05) is 18.3 Å². The van der Waals surface area contributed by atoms with Crippen LogP contribution in [-0.4, -0.2) is 37.1 Å². The van der Waals surface area contributed by atoms with Crippen LogP contribution in [0.4, 0.5) is 5.13 Å². The van der Waals surface area contributed by atoms with E-state index in [0.29, 0.717) is 30.4 Å². The highest BCUT2D eigenvalue weighted by Crippen LogP contribution is 2.16. The van der Waals surface area contributed by atoms with Crippen LogP contribution in [0.2, 0.25) is 0 Å². The monoisotopic (exact) mass is 307 g/mol. The van der Waals surface area contributed by atoms with Gasteiger partial charge >= 0.3 is 5.97 Å². The topological polar surface area (TPSA) is 80.3 Å². The van der Waals surface area contributed by atoms with Crippen molar-refractivity contribution in [2.45, 2.75) is 19.8 Å². The number of carbonyl (C=O) groups is 2. The van der Waals surface area contributed by atoms with Crippen molar-refractivity contribution >= 4 is 40.8 Å². The van der Waals surface area contributed by atoms with E-state index in [2.05, 4.69) is 15.6 Å². The first-order valence-corrected chi connectivity index (χ1v) is 6.58. The number of ether oxygens (including phenoxy) is 1. The molecule has 6 nitrogen and oxygen atoms in total. The quantitative estimate of drug-likeness (QED) is 0.740. The highest BCUT2D eigenvalue weighted by molar-refractivity contribution is 7.13. The van der Waals surface area contributed by atoms with Crippen LogP contribution in [0.15, 0.2) is 5.38 Å². The van der Waals surface area contributed by atoms with Crippen molar-refractivity contribution < 1.29 is 14.3 Å². The van der Waals surface area contributed by atoms with E-state index < -0.39 is 0 Å². The van der Waals surface area contributed by atoms with Crippen molar-refractivity contribution in [1.29, 1.82) is 0 Å². The van der Waals surface area contributed by atoms with Crippen molar-refractivity contribution in [3.05, 3.63) is 11.1 Å². The smallest absolute Gasteiger partial charge is 0.311 e. The average molecular weight is 308 g/mol. The zero-order chi connectivity index (χ0) is 13.4. The number of hydrogen-bond acceptors (Lipinski definition) is 6. The van der Waals surface area contributed by atoms with Gasteiger partial charge in [-0.05, 0) is 14.0 Å². The average Bonchev–Trinajstić information content (AvgIpc) is 2.74. The van der Waals surface area contributed by atoms with E-state index >= 15 is 0 Å². The Morgan fingerprint density at radius 3 is 2.84 bits per heavy atom. The van der Waals surface area contributed by atoms with E-state index in [4.69, 9.17) is 4.74 Å². The number of esters is 1. The Morgan fingerprint density at radius 1 is 1.47 bits per heavy atom. The van der Waals surface area contributed by atoms with Crippen LogP contribution < -0.4 is 10.6 Å². The first-order valence-electron chi connectivity index (χ1n) is 5.70. The van der Waals surface area contributed by atoms with Gasteiger partial charge in [-0.3, -0.25) is 9.59 Å². The van der Waals surface area contributed by atoms with E-state index in [1.165, 1.54) is 11.3 Å².